The maximum Gasteiger partial charge on any atom is 0.257 e. The van der Waals surface area contributed by atoms with Gasteiger partial charge >= 0.3 is 0 Å². The molecule has 0 aliphatic carbocycles. The first-order valence-corrected chi connectivity index (χ1v) is 11.3. The molecule has 2 fully saturated rings. The van der Waals surface area contributed by atoms with Crippen LogP contribution in [0.25, 0.3) is 5.52 Å². The van der Waals surface area contributed by atoms with E-state index in [1.807, 2.05) is 47.2 Å². The van der Waals surface area contributed by atoms with E-state index < -0.39 is 0 Å². The van der Waals surface area contributed by atoms with Crippen molar-refractivity contribution in [2.75, 3.05) is 39.4 Å². The minimum atomic E-state index is 0.0129. The van der Waals surface area contributed by atoms with Crippen molar-refractivity contribution in [3.63, 3.8) is 0 Å². The van der Waals surface area contributed by atoms with Gasteiger partial charge in [0, 0.05) is 37.9 Å². The second kappa shape index (κ2) is 8.74. The first-order chi connectivity index (χ1) is 15.6. The number of benzene rings is 1. The van der Waals surface area contributed by atoms with Crippen LogP contribution < -0.4 is 0 Å². The zero-order valence-electron chi connectivity index (χ0n) is 18.4. The number of aromatic nitrogens is 2. The summed E-state index contributed by atoms with van der Waals surface area (Å²) in [5, 5.41) is 4.38. The van der Waals surface area contributed by atoms with Crippen LogP contribution in [0.1, 0.15) is 50.6 Å². The number of ether oxygens (including phenoxy) is 1. The van der Waals surface area contributed by atoms with Crippen molar-refractivity contribution in [1.29, 1.82) is 0 Å². The molecule has 0 spiro atoms. The van der Waals surface area contributed by atoms with Gasteiger partial charge in [0.05, 0.1) is 30.5 Å². The first kappa shape index (κ1) is 20.7. The number of fused-ring (bicyclic) bond motifs is 1. The average Bonchev–Trinajstić information content (AvgIpc) is 3.27. The minimum absolute atomic E-state index is 0.0129. The second-order valence-corrected chi connectivity index (χ2v) is 8.69. The van der Waals surface area contributed by atoms with Crippen molar-refractivity contribution >= 4 is 17.3 Å². The number of hydrogen-bond acceptors (Lipinski definition) is 4. The molecule has 0 atom stereocenters. The number of amides is 2. The summed E-state index contributed by atoms with van der Waals surface area (Å²) in [6, 6.07) is 12.0. The fraction of sp³-hybridized carbons (Fsp3) is 0.400. The van der Waals surface area contributed by atoms with Crippen molar-refractivity contribution in [2.45, 2.75) is 25.7 Å². The molecule has 166 valence electrons. The largest absolute Gasteiger partial charge is 0.378 e. The van der Waals surface area contributed by atoms with Crippen LogP contribution in [-0.4, -0.2) is 70.6 Å². The molecule has 2 saturated heterocycles. The van der Waals surface area contributed by atoms with Gasteiger partial charge in [0.25, 0.3) is 11.8 Å². The van der Waals surface area contributed by atoms with Gasteiger partial charge < -0.3 is 14.5 Å². The number of carbonyl (C=O) groups is 2. The monoisotopic (exact) mass is 432 g/mol. The lowest BCUT2D eigenvalue weighted by Gasteiger charge is -2.32. The number of pyridine rings is 1. The number of piperidine rings is 1. The third kappa shape index (κ3) is 4.00. The number of hydrogen-bond donors (Lipinski definition) is 0. The highest BCUT2D eigenvalue weighted by Gasteiger charge is 2.26. The van der Waals surface area contributed by atoms with Crippen molar-refractivity contribution < 1.29 is 14.3 Å². The molecule has 4 heterocycles. The lowest BCUT2D eigenvalue weighted by Crippen LogP contribution is -2.40. The smallest absolute Gasteiger partial charge is 0.257 e. The van der Waals surface area contributed by atoms with E-state index in [-0.39, 0.29) is 11.8 Å². The minimum Gasteiger partial charge on any atom is -0.378 e. The molecule has 0 bridgehead atoms. The van der Waals surface area contributed by atoms with Crippen LogP contribution in [0.5, 0.6) is 0 Å². The number of aryl methyl sites for hydroxylation is 1. The molecule has 0 unspecified atom stereocenters. The molecule has 7 heteroatoms. The molecule has 0 N–H and O–H groups in total. The van der Waals surface area contributed by atoms with Gasteiger partial charge in [-0.1, -0.05) is 17.7 Å². The number of nitrogens with zero attached hydrogens (tertiary/aromatic N) is 4. The SMILES string of the molecule is Cc1ccc(C(=O)N2CCC(c3ccn4ncc(C(=O)N5CCOCC5)c4c3)CC2)cc1. The Kier molecular flexibility index (Phi) is 5.66. The second-order valence-electron chi connectivity index (χ2n) is 8.69. The summed E-state index contributed by atoms with van der Waals surface area (Å²) in [5.74, 6) is 0.482. The van der Waals surface area contributed by atoms with E-state index in [0.29, 0.717) is 37.8 Å². The third-order valence-corrected chi connectivity index (χ3v) is 6.63. The predicted octanol–water partition coefficient (Wildman–Crippen LogP) is 3.13. The summed E-state index contributed by atoms with van der Waals surface area (Å²) in [6.45, 7) is 5.89. The molecule has 2 aromatic heterocycles. The van der Waals surface area contributed by atoms with Gasteiger partial charge in [-0.25, -0.2) is 4.52 Å². The lowest BCUT2D eigenvalue weighted by molar-refractivity contribution is 0.0304. The van der Waals surface area contributed by atoms with Crippen LogP contribution in [-0.2, 0) is 4.74 Å². The van der Waals surface area contributed by atoms with Crippen LogP contribution in [0.3, 0.4) is 0 Å². The molecule has 2 aliphatic rings. The highest BCUT2D eigenvalue weighted by Crippen LogP contribution is 2.30. The van der Waals surface area contributed by atoms with Gasteiger partial charge in [0.2, 0.25) is 0 Å². The number of morpholine rings is 1. The molecule has 32 heavy (non-hydrogen) atoms. The summed E-state index contributed by atoms with van der Waals surface area (Å²) < 4.78 is 7.14. The van der Waals surface area contributed by atoms with E-state index in [4.69, 9.17) is 4.74 Å². The van der Waals surface area contributed by atoms with E-state index in [0.717, 1.165) is 42.6 Å². The van der Waals surface area contributed by atoms with Crippen LogP contribution >= 0.6 is 0 Å². The Morgan fingerprint density at radius 1 is 0.938 bits per heavy atom. The highest BCUT2D eigenvalue weighted by molar-refractivity contribution is 6.00. The van der Waals surface area contributed by atoms with E-state index in [2.05, 4.69) is 17.2 Å². The van der Waals surface area contributed by atoms with E-state index in [1.54, 1.807) is 10.7 Å². The molecular weight excluding hydrogens is 404 g/mol. The summed E-state index contributed by atoms with van der Waals surface area (Å²) in [5.41, 5.74) is 4.59. The Morgan fingerprint density at radius 2 is 1.62 bits per heavy atom. The molecule has 2 amide bonds. The zero-order valence-corrected chi connectivity index (χ0v) is 18.4. The number of likely N-dealkylation sites (tertiary alicyclic amines) is 1. The molecule has 0 saturated carbocycles. The van der Waals surface area contributed by atoms with Crippen molar-refractivity contribution in [3.8, 4) is 0 Å². The van der Waals surface area contributed by atoms with Gasteiger partial charge in [0.1, 0.15) is 0 Å². The van der Waals surface area contributed by atoms with Crippen molar-refractivity contribution in [3.05, 3.63) is 71.0 Å². The third-order valence-electron chi connectivity index (χ3n) is 6.63. The number of rotatable bonds is 3. The lowest BCUT2D eigenvalue weighted by atomic mass is 9.89. The fourth-order valence-electron chi connectivity index (χ4n) is 4.65. The average molecular weight is 433 g/mol. The Balaban J connectivity index is 1.30. The molecule has 2 aliphatic heterocycles. The quantitative estimate of drug-likeness (QED) is 0.638. The maximum atomic E-state index is 13.0. The number of carbonyl (C=O) groups excluding carboxylic acids is 2. The Hall–Kier alpha value is -3.19. The zero-order chi connectivity index (χ0) is 22.1. The highest BCUT2D eigenvalue weighted by atomic mass is 16.5. The van der Waals surface area contributed by atoms with Crippen LogP contribution in [0, 0.1) is 6.92 Å². The van der Waals surface area contributed by atoms with Crippen LogP contribution in [0.15, 0.2) is 48.8 Å². The van der Waals surface area contributed by atoms with Crippen molar-refractivity contribution in [2.24, 2.45) is 0 Å². The van der Waals surface area contributed by atoms with Gasteiger partial charge in [-0.3, -0.25) is 9.59 Å². The van der Waals surface area contributed by atoms with Gasteiger partial charge in [-0.2, -0.15) is 5.10 Å². The molecule has 1 aromatic carbocycles. The van der Waals surface area contributed by atoms with Crippen molar-refractivity contribution in [1.82, 2.24) is 19.4 Å². The predicted molar refractivity (Wildman–Crippen MR) is 121 cm³/mol. The molecule has 5 rings (SSSR count). The summed E-state index contributed by atoms with van der Waals surface area (Å²) in [4.78, 5) is 29.6. The standard InChI is InChI=1S/C25H28N4O3/c1-18-2-4-20(5-3-18)24(30)27-9-6-19(7-10-27)21-8-11-29-23(16-21)22(17-26-29)25(31)28-12-14-32-15-13-28/h2-5,8,11,16-17,19H,6-7,9-10,12-15H2,1H3. The molecule has 7 nitrogen and oxygen atoms in total. The van der Waals surface area contributed by atoms with Gasteiger partial charge in [0.15, 0.2) is 0 Å². The topological polar surface area (TPSA) is 67.2 Å². The summed E-state index contributed by atoms with van der Waals surface area (Å²) in [6.07, 6.45) is 5.42. The fourth-order valence-corrected chi connectivity index (χ4v) is 4.65. The normalized spacial score (nSPS) is 17.7. The van der Waals surface area contributed by atoms with E-state index in [9.17, 15) is 9.59 Å². The molecule has 0 radical (unpaired) electrons. The van der Waals surface area contributed by atoms with Crippen LogP contribution in [0.2, 0.25) is 0 Å². The van der Waals surface area contributed by atoms with E-state index in [1.165, 1.54) is 5.56 Å². The molecular formula is C25H28N4O3. The Labute approximate surface area is 187 Å². The first-order valence-electron chi connectivity index (χ1n) is 11.3. The Bertz CT molecular complexity index is 1120. The molecule has 3 aromatic rings. The Morgan fingerprint density at radius 3 is 2.34 bits per heavy atom. The summed E-state index contributed by atoms with van der Waals surface area (Å²) >= 11 is 0. The maximum absolute atomic E-state index is 13.0. The van der Waals surface area contributed by atoms with Gasteiger partial charge in [-0.15, -0.1) is 0 Å². The van der Waals surface area contributed by atoms with Crippen LogP contribution in [0.4, 0.5) is 0 Å². The van der Waals surface area contributed by atoms with Gasteiger partial charge in [-0.05, 0) is 55.5 Å². The van der Waals surface area contributed by atoms with E-state index >= 15 is 0 Å². The summed E-state index contributed by atoms with van der Waals surface area (Å²) in [7, 11) is 0.